The van der Waals surface area contributed by atoms with Gasteiger partial charge in [0.05, 0.1) is 12.1 Å². The van der Waals surface area contributed by atoms with Crippen LogP contribution in [0, 0.1) is 23.2 Å². The van der Waals surface area contributed by atoms with E-state index in [-0.39, 0.29) is 24.4 Å². The lowest BCUT2D eigenvalue weighted by Gasteiger charge is -2.28. The Morgan fingerprint density at radius 1 is 1.26 bits per heavy atom. The van der Waals surface area contributed by atoms with E-state index in [1.807, 2.05) is 4.90 Å². The molecule has 0 radical (unpaired) electrons. The molecule has 0 bridgehead atoms. The van der Waals surface area contributed by atoms with Crippen LogP contribution in [-0.2, 0) is 4.79 Å². The van der Waals surface area contributed by atoms with Crippen LogP contribution in [0.2, 0.25) is 0 Å². The lowest BCUT2D eigenvalue weighted by atomic mass is 9.98. The van der Waals surface area contributed by atoms with Crippen molar-refractivity contribution >= 4 is 24.1 Å². The molecule has 1 aromatic rings. The van der Waals surface area contributed by atoms with Gasteiger partial charge in [-0.3, -0.25) is 9.69 Å². The second-order valence-corrected chi connectivity index (χ2v) is 7.90. The van der Waals surface area contributed by atoms with E-state index in [0.29, 0.717) is 23.8 Å². The molecule has 27 heavy (non-hydrogen) atoms. The molecular weight excluding hydrogens is 362 g/mol. The van der Waals surface area contributed by atoms with Gasteiger partial charge in [-0.2, -0.15) is 5.26 Å². The van der Waals surface area contributed by atoms with E-state index in [9.17, 15) is 10.1 Å². The number of nitrogens with one attached hydrogen (secondary N) is 1. The van der Waals surface area contributed by atoms with Crippen LogP contribution in [0.25, 0.3) is 0 Å². The summed E-state index contributed by atoms with van der Waals surface area (Å²) in [4.78, 5) is 21.3. The number of likely N-dealkylation sites (tertiary alicyclic amines) is 2. The molecule has 2 saturated heterocycles. The SMILES string of the molecule is Cl.N#Cc1cccnc1N[C@H]1CN(CC(=O)N2CCCCC2)C[C@@H]1C1CC1. The Hall–Kier alpha value is -1.84. The lowest BCUT2D eigenvalue weighted by molar-refractivity contribution is -0.133. The number of rotatable bonds is 5. The molecule has 1 aliphatic carbocycles. The molecular formula is C20H28ClN5O. The van der Waals surface area contributed by atoms with E-state index in [0.717, 1.165) is 44.9 Å². The second kappa shape index (κ2) is 8.90. The molecule has 3 heterocycles. The molecule has 0 spiro atoms. The third kappa shape index (κ3) is 4.72. The Morgan fingerprint density at radius 3 is 2.74 bits per heavy atom. The minimum absolute atomic E-state index is 0. The van der Waals surface area contributed by atoms with E-state index in [1.165, 1.54) is 19.3 Å². The molecule has 0 aromatic carbocycles. The number of anilines is 1. The van der Waals surface area contributed by atoms with Gasteiger partial charge in [0.1, 0.15) is 11.9 Å². The Bertz CT molecular complexity index is 696. The number of nitrogens with zero attached hydrogens (tertiary/aromatic N) is 4. The van der Waals surface area contributed by atoms with Crippen molar-refractivity contribution in [2.75, 3.05) is 38.0 Å². The van der Waals surface area contributed by atoms with Crippen LogP contribution in [0.3, 0.4) is 0 Å². The number of nitriles is 1. The van der Waals surface area contributed by atoms with Crippen molar-refractivity contribution in [2.24, 2.45) is 11.8 Å². The quantitative estimate of drug-likeness (QED) is 0.837. The van der Waals surface area contributed by atoms with Crippen molar-refractivity contribution in [3.05, 3.63) is 23.9 Å². The van der Waals surface area contributed by atoms with Crippen molar-refractivity contribution < 1.29 is 4.79 Å². The predicted molar refractivity (Wildman–Crippen MR) is 107 cm³/mol. The van der Waals surface area contributed by atoms with E-state index < -0.39 is 0 Å². The first-order valence-corrected chi connectivity index (χ1v) is 9.86. The summed E-state index contributed by atoms with van der Waals surface area (Å²) in [7, 11) is 0. The summed E-state index contributed by atoms with van der Waals surface area (Å²) < 4.78 is 0. The number of aromatic nitrogens is 1. The summed E-state index contributed by atoms with van der Waals surface area (Å²) in [6.07, 6.45) is 7.80. The van der Waals surface area contributed by atoms with Gasteiger partial charge in [-0.1, -0.05) is 0 Å². The van der Waals surface area contributed by atoms with Crippen LogP contribution in [-0.4, -0.2) is 59.5 Å². The second-order valence-electron chi connectivity index (χ2n) is 7.90. The van der Waals surface area contributed by atoms with Crippen LogP contribution in [0.5, 0.6) is 0 Å². The molecule has 0 unspecified atom stereocenters. The molecule has 1 saturated carbocycles. The largest absolute Gasteiger partial charge is 0.365 e. The van der Waals surface area contributed by atoms with Gasteiger partial charge in [0.25, 0.3) is 0 Å². The molecule has 1 aromatic heterocycles. The topological polar surface area (TPSA) is 72.3 Å². The Kier molecular flexibility index (Phi) is 6.56. The summed E-state index contributed by atoms with van der Waals surface area (Å²) in [5.41, 5.74) is 0.588. The zero-order valence-corrected chi connectivity index (χ0v) is 16.5. The highest BCUT2D eigenvalue weighted by molar-refractivity contribution is 5.85. The van der Waals surface area contributed by atoms with Crippen LogP contribution >= 0.6 is 12.4 Å². The molecule has 2 aliphatic heterocycles. The lowest BCUT2D eigenvalue weighted by Crippen LogP contribution is -2.42. The molecule has 1 N–H and O–H groups in total. The van der Waals surface area contributed by atoms with E-state index in [1.54, 1.807) is 18.3 Å². The smallest absolute Gasteiger partial charge is 0.236 e. The molecule has 3 fully saturated rings. The number of carbonyl (C=O) groups is 1. The number of halogens is 1. The average molecular weight is 390 g/mol. The zero-order chi connectivity index (χ0) is 17.9. The number of hydrogen-bond donors (Lipinski definition) is 1. The number of pyridine rings is 1. The van der Waals surface area contributed by atoms with Crippen LogP contribution in [0.4, 0.5) is 5.82 Å². The van der Waals surface area contributed by atoms with E-state index in [2.05, 4.69) is 21.3 Å². The first kappa shape index (κ1) is 19.9. The van der Waals surface area contributed by atoms with Gasteiger partial charge >= 0.3 is 0 Å². The van der Waals surface area contributed by atoms with Crippen LogP contribution < -0.4 is 5.32 Å². The summed E-state index contributed by atoms with van der Waals surface area (Å²) >= 11 is 0. The molecule has 1 amide bonds. The fraction of sp³-hybridized carbons (Fsp3) is 0.650. The van der Waals surface area contributed by atoms with Crippen molar-refractivity contribution in [3.63, 3.8) is 0 Å². The highest BCUT2D eigenvalue weighted by Crippen LogP contribution is 2.42. The van der Waals surface area contributed by atoms with Crippen molar-refractivity contribution in [3.8, 4) is 6.07 Å². The highest BCUT2D eigenvalue weighted by atomic mass is 35.5. The molecule has 2 atom stereocenters. The molecule has 4 rings (SSSR count). The van der Waals surface area contributed by atoms with Crippen molar-refractivity contribution in [1.29, 1.82) is 5.26 Å². The Labute approximate surface area is 167 Å². The maximum atomic E-state index is 12.6. The number of amides is 1. The van der Waals surface area contributed by atoms with Gasteiger partial charge in [0.2, 0.25) is 5.91 Å². The third-order valence-electron chi connectivity index (χ3n) is 5.99. The minimum Gasteiger partial charge on any atom is -0.365 e. The molecule has 3 aliphatic rings. The summed E-state index contributed by atoms with van der Waals surface area (Å²) in [6.45, 7) is 4.17. The van der Waals surface area contributed by atoms with Crippen LogP contribution in [0.15, 0.2) is 18.3 Å². The van der Waals surface area contributed by atoms with Gasteiger partial charge in [0, 0.05) is 38.4 Å². The molecule has 146 valence electrons. The van der Waals surface area contributed by atoms with Gasteiger partial charge in [0.15, 0.2) is 0 Å². The first-order valence-electron chi connectivity index (χ1n) is 9.86. The summed E-state index contributed by atoms with van der Waals surface area (Å²) in [6, 6.07) is 6.07. The van der Waals surface area contributed by atoms with E-state index in [4.69, 9.17) is 0 Å². The monoisotopic (exact) mass is 389 g/mol. The minimum atomic E-state index is 0. The van der Waals surface area contributed by atoms with Gasteiger partial charge < -0.3 is 10.2 Å². The fourth-order valence-corrected chi connectivity index (χ4v) is 4.42. The number of piperidine rings is 1. The van der Waals surface area contributed by atoms with Gasteiger partial charge in [-0.25, -0.2) is 4.98 Å². The van der Waals surface area contributed by atoms with Gasteiger partial charge in [-0.05, 0) is 56.1 Å². The first-order chi connectivity index (χ1) is 12.7. The maximum absolute atomic E-state index is 12.6. The fourth-order valence-electron chi connectivity index (χ4n) is 4.42. The van der Waals surface area contributed by atoms with Crippen molar-refractivity contribution in [1.82, 2.24) is 14.8 Å². The standard InChI is InChI=1S/C20H27N5O.ClH/c21-11-16-5-4-8-22-20(16)23-18-13-24(12-17(18)15-6-7-15)14-19(26)25-9-2-1-3-10-25;/h4-5,8,15,17-18H,1-3,6-7,9-10,12-14H2,(H,22,23);1H/t17-,18+;/m1./s1. The maximum Gasteiger partial charge on any atom is 0.236 e. The highest BCUT2D eigenvalue weighted by Gasteiger charge is 2.43. The Balaban J connectivity index is 0.00000210. The predicted octanol–water partition coefficient (Wildman–Crippen LogP) is 2.51. The zero-order valence-electron chi connectivity index (χ0n) is 15.6. The normalized spacial score (nSPS) is 25.5. The molecule has 7 heteroatoms. The summed E-state index contributed by atoms with van der Waals surface area (Å²) in [5, 5.41) is 12.8. The van der Waals surface area contributed by atoms with Crippen molar-refractivity contribution in [2.45, 2.75) is 38.1 Å². The number of carbonyl (C=O) groups excluding carboxylic acids is 1. The number of hydrogen-bond acceptors (Lipinski definition) is 5. The van der Waals surface area contributed by atoms with Gasteiger partial charge in [-0.15, -0.1) is 12.4 Å². The van der Waals surface area contributed by atoms with Crippen LogP contribution in [0.1, 0.15) is 37.7 Å². The Morgan fingerprint density at radius 2 is 2.04 bits per heavy atom. The average Bonchev–Trinajstić information content (AvgIpc) is 3.45. The molecule has 6 nitrogen and oxygen atoms in total. The van der Waals surface area contributed by atoms with E-state index >= 15 is 0 Å². The third-order valence-corrected chi connectivity index (χ3v) is 5.99. The summed E-state index contributed by atoms with van der Waals surface area (Å²) in [5.74, 6) is 2.24.